The summed E-state index contributed by atoms with van der Waals surface area (Å²) in [5, 5.41) is 19.5. The van der Waals surface area contributed by atoms with Crippen molar-refractivity contribution in [2.45, 2.75) is 33.0 Å². The van der Waals surface area contributed by atoms with Gasteiger partial charge in [0.2, 0.25) is 0 Å². The maximum absolute atomic E-state index is 9.85. The van der Waals surface area contributed by atoms with E-state index in [0.717, 1.165) is 17.8 Å². The Labute approximate surface area is 108 Å². The number of aliphatic hydroxyl groups excluding tert-OH is 1. The molecule has 0 saturated carbocycles. The van der Waals surface area contributed by atoms with E-state index in [1.54, 1.807) is 19.9 Å². The first-order chi connectivity index (χ1) is 7.87. The Kier molecular flexibility index (Phi) is 4.80. The molecule has 0 bridgehead atoms. The minimum Gasteiger partial charge on any atom is -0.392 e. The van der Waals surface area contributed by atoms with Gasteiger partial charge in [0, 0.05) is 13.1 Å². The topological polar surface area (TPSA) is 43.7 Å². The number of rotatable bonds is 5. The highest BCUT2D eigenvalue weighted by molar-refractivity contribution is 6.33. The molecule has 4 heteroatoms. The maximum atomic E-state index is 9.85. The highest BCUT2D eigenvalue weighted by Crippen LogP contribution is 2.28. The molecule has 3 nitrogen and oxygen atoms in total. The van der Waals surface area contributed by atoms with Crippen LogP contribution in [0, 0.1) is 0 Å². The van der Waals surface area contributed by atoms with Crippen LogP contribution in [0.25, 0.3) is 0 Å². The molecule has 1 rings (SSSR count). The molecule has 0 aromatic heterocycles. The van der Waals surface area contributed by atoms with Crippen molar-refractivity contribution in [3.8, 4) is 0 Å². The highest BCUT2D eigenvalue weighted by atomic mass is 35.5. The van der Waals surface area contributed by atoms with Crippen molar-refractivity contribution in [1.29, 1.82) is 0 Å². The van der Waals surface area contributed by atoms with Gasteiger partial charge < -0.3 is 15.1 Å². The van der Waals surface area contributed by atoms with E-state index >= 15 is 0 Å². The number of halogens is 1. The van der Waals surface area contributed by atoms with Gasteiger partial charge in [-0.15, -0.1) is 0 Å². The van der Waals surface area contributed by atoms with Gasteiger partial charge >= 0.3 is 0 Å². The lowest BCUT2D eigenvalue weighted by atomic mass is 10.1. The van der Waals surface area contributed by atoms with E-state index in [0.29, 0.717) is 11.6 Å². The molecule has 0 amide bonds. The van der Waals surface area contributed by atoms with Crippen molar-refractivity contribution in [3.05, 3.63) is 28.8 Å². The number of benzene rings is 1. The van der Waals surface area contributed by atoms with Gasteiger partial charge in [-0.3, -0.25) is 0 Å². The number of hydrogen-bond acceptors (Lipinski definition) is 3. The van der Waals surface area contributed by atoms with Gasteiger partial charge in [-0.1, -0.05) is 17.7 Å². The SMILES string of the molecule is CCN(CC(C)(C)O)c1ccc(CO)cc1Cl. The summed E-state index contributed by atoms with van der Waals surface area (Å²) < 4.78 is 0. The number of likely N-dealkylation sites (N-methyl/N-ethyl adjacent to an activating group) is 1. The second kappa shape index (κ2) is 5.71. The molecule has 0 fully saturated rings. The monoisotopic (exact) mass is 257 g/mol. The van der Waals surface area contributed by atoms with Crippen LogP contribution in [0.15, 0.2) is 18.2 Å². The summed E-state index contributed by atoms with van der Waals surface area (Å²) in [6.07, 6.45) is 0. The first-order valence-electron chi connectivity index (χ1n) is 5.74. The van der Waals surface area contributed by atoms with Crippen LogP contribution in [0.1, 0.15) is 26.3 Å². The Morgan fingerprint density at radius 3 is 2.41 bits per heavy atom. The lowest BCUT2D eigenvalue weighted by Gasteiger charge is -2.30. The van der Waals surface area contributed by atoms with Crippen LogP contribution >= 0.6 is 11.6 Å². The molecular formula is C13H20ClNO2. The van der Waals surface area contributed by atoms with E-state index in [1.165, 1.54) is 0 Å². The Bertz CT molecular complexity index is 374. The Balaban J connectivity index is 2.96. The molecule has 0 unspecified atom stereocenters. The molecule has 2 N–H and O–H groups in total. The fourth-order valence-electron chi connectivity index (χ4n) is 1.74. The van der Waals surface area contributed by atoms with Gasteiger partial charge in [0.05, 0.1) is 22.9 Å². The molecule has 0 heterocycles. The minimum atomic E-state index is -0.769. The average Bonchev–Trinajstić information content (AvgIpc) is 2.24. The Hall–Kier alpha value is -0.770. The van der Waals surface area contributed by atoms with Gasteiger partial charge in [0.1, 0.15) is 0 Å². The molecular weight excluding hydrogens is 238 g/mol. The standard InChI is InChI=1S/C13H20ClNO2/c1-4-15(9-13(2,3)17)12-6-5-10(8-16)7-11(12)14/h5-7,16-17H,4,8-9H2,1-3H3. The quantitative estimate of drug-likeness (QED) is 0.852. The lowest BCUT2D eigenvalue weighted by molar-refractivity contribution is 0.0876. The van der Waals surface area contributed by atoms with Crippen molar-refractivity contribution in [1.82, 2.24) is 0 Å². The predicted octanol–water partition coefficient (Wildman–Crippen LogP) is 2.43. The molecule has 1 aromatic rings. The molecule has 17 heavy (non-hydrogen) atoms. The lowest BCUT2D eigenvalue weighted by Crippen LogP contribution is -2.38. The number of nitrogens with zero attached hydrogens (tertiary/aromatic N) is 1. The average molecular weight is 258 g/mol. The van der Waals surface area contributed by atoms with Crippen molar-refractivity contribution in [2.75, 3.05) is 18.0 Å². The third-order valence-electron chi connectivity index (χ3n) is 2.49. The summed E-state index contributed by atoms with van der Waals surface area (Å²) in [7, 11) is 0. The van der Waals surface area contributed by atoms with Gasteiger partial charge in [-0.25, -0.2) is 0 Å². The summed E-state index contributed by atoms with van der Waals surface area (Å²) in [6.45, 7) is 6.82. The van der Waals surface area contributed by atoms with Crippen molar-refractivity contribution >= 4 is 17.3 Å². The minimum absolute atomic E-state index is 0.0163. The molecule has 96 valence electrons. The largest absolute Gasteiger partial charge is 0.392 e. The fourth-order valence-corrected chi connectivity index (χ4v) is 2.06. The summed E-state index contributed by atoms with van der Waals surface area (Å²) >= 11 is 6.18. The third kappa shape index (κ3) is 4.19. The Morgan fingerprint density at radius 1 is 1.35 bits per heavy atom. The number of hydrogen-bond donors (Lipinski definition) is 2. The molecule has 0 atom stereocenters. The second-order valence-electron chi connectivity index (χ2n) is 4.77. The summed E-state index contributed by atoms with van der Waals surface area (Å²) in [6, 6.07) is 5.47. The van der Waals surface area contributed by atoms with Gasteiger partial charge in [0.25, 0.3) is 0 Å². The van der Waals surface area contributed by atoms with E-state index in [1.807, 2.05) is 24.0 Å². The van der Waals surface area contributed by atoms with Gasteiger partial charge in [0.15, 0.2) is 0 Å². The van der Waals surface area contributed by atoms with Gasteiger partial charge in [-0.05, 0) is 38.5 Å². The zero-order valence-corrected chi connectivity index (χ0v) is 11.3. The number of anilines is 1. The predicted molar refractivity (Wildman–Crippen MR) is 71.6 cm³/mol. The van der Waals surface area contributed by atoms with E-state index in [-0.39, 0.29) is 6.61 Å². The normalized spacial score (nSPS) is 11.6. The Morgan fingerprint density at radius 2 is 2.00 bits per heavy atom. The van der Waals surface area contributed by atoms with Gasteiger partial charge in [-0.2, -0.15) is 0 Å². The van der Waals surface area contributed by atoms with Crippen LogP contribution in [-0.2, 0) is 6.61 Å². The maximum Gasteiger partial charge on any atom is 0.0765 e. The molecule has 0 radical (unpaired) electrons. The molecule has 0 aliphatic heterocycles. The van der Waals surface area contributed by atoms with Crippen molar-refractivity contribution in [3.63, 3.8) is 0 Å². The van der Waals surface area contributed by atoms with E-state index in [9.17, 15) is 5.11 Å². The second-order valence-corrected chi connectivity index (χ2v) is 5.18. The van der Waals surface area contributed by atoms with E-state index in [2.05, 4.69) is 0 Å². The first-order valence-corrected chi connectivity index (χ1v) is 6.12. The van der Waals surface area contributed by atoms with E-state index < -0.39 is 5.60 Å². The van der Waals surface area contributed by atoms with Crippen LogP contribution in [0.3, 0.4) is 0 Å². The highest BCUT2D eigenvalue weighted by Gasteiger charge is 2.19. The molecule has 1 aromatic carbocycles. The van der Waals surface area contributed by atoms with Crippen LogP contribution in [0.2, 0.25) is 5.02 Å². The van der Waals surface area contributed by atoms with Crippen LogP contribution in [0.4, 0.5) is 5.69 Å². The van der Waals surface area contributed by atoms with Crippen LogP contribution in [0.5, 0.6) is 0 Å². The van der Waals surface area contributed by atoms with Crippen LogP contribution < -0.4 is 4.90 Å². The molecule has 0 aliphatic rings. The summed E-state index contributed by atoms with van der Waals surface area (Å²) in [5.74, 6) is 0. The fraction of sp³-hybridized carbons (Fsp3) is 0.538. The third-order valence-corrected chi connectivity index (χ3v) is 2.80. The summed E-state index contributed by atoms with van der Waals surface area (Å²) in [5.41, 5.74) is 0.904. The molecule has 0 spiro atoms. The summed E-state index contributed by atoms with van der Waals surface area (Å²) in [4.78, 5) is 2.02. The first kappa shape index (κ1) is 14.3. The molecule has 0 aliphatic carbocycles. The smallest absolute Gasteiger partial charge is 0.0765 e. The zero-order valence-electron chi connectivity index (χ0n) is 10.6. The molecule has 0 saturated heterocycles. The van der Waals surface area contributed by atoms with E-state index in [4.69, 9.17) is 16.7 Å². The van der Waals surface area contributed by atoms with Crippen molar-refractivity contribution < 1.29 is 10.2 Å². The van der Waals surface area contributed by atoms with Crippen molar-refractivity contribution in [2.24, 2.45) is 0 Å². The van der Waals surface area contributed by atoms with Crippen LogP contribution in [-0.4, -0.2) is 28.9 Å². The zero-order chi connectivity index (χ0) is 13.1. The number of aliphatic hydroxyl groups is 2.